The molecule has 0 aliphatic heterocycles. The van der Waals surface area contributed by atoms with Crippen molar-refractivity contribution in [3.63, 3.8) is 0 Å². The molecule has 1 heterocycles. The summed E-state index contributed by atoms with van der Waals surface area (Å²) in [5.74, 6) is 0. The first kappa shape index (κ1) is 12.6. The lowest BCUT2D eigenvalue weighted by Crippen LogP contribution is -2.32. The highest BCUT2D eigenvalue weighted by molar-refractivity contribution is 7.88. The van der Waals surface area contributed by atoms with Gasteiger partial charge in [0.05, 0.1) is 12.9 Å². The maximum Gasteiger partial charge on any atom is 0.211 e. The van der Waals surface area contributed by atoms with Crippen LogP contribution in [0.4, 0.5) is 0 Å². The van der Waals surface area contributed by atoms with Crippen LogP contribution < -0.4 is 0 Å². The fraction of sp³-hybridized carbons (Fsp3) is 0.556. The maximum atomic E-state index is 11.4. The van der Waals surface area contributed by atoms with Crippen molar-refractivity contribution < 1.29 is 13.2 Å². The van der Waals surface area contributed by atoms with Crippen LogP contribution in [0.25, 0.3) is 0 Å². The Bertz CT molecular complexity index is 372. The number of rotatable bonds is 6. The molecule has 1 aromatic rings. The molecule has 6 heteroatoms. The van der Waals surface area contributed by atoms with Crippen molar-refractivity contribution in [3.05, 3.63) is 22.4 Å². The Morgan fingerprint density at radius 2 is 2.27 bits per heavy atom. The first-order chi connectivity index (χ1) is 7.04. The maximum absolute atomic E-state index is 11.4. The van der Waals surface area contributed by atoms with Gasteiger partial charge in [0.1, 0.15) is 0 Å². The summed E-state index contributed by atoms with van der Waals surface area (Å²) in [5.41, 5.74) is 0. The first-order valence-corrected chi connectivity index (χ1v) is 7.23. The summed E-state index contributed by atoms with van der Waals surface area (Å²) in [6.07, 6.45) is 1.22. The minimum Gasteiger partial charge on any atom is -0.383 e. The molecule has 0 spiro atoms. The van der Waals surface area contributed by atoms with Crippen molar-refractivity contribution in [1.82, 2.24) is 4.31 Å². The Kier molecular flexibility index (Phi) is 4.72. The van der Waals surface area contributed by atoms with Crippen molar-refractivity contribution in [2.45, 2.75) is 6.54 Å². The predicted molar refractivity (Wildman–Crippen MR) is 61.4 cm³/mol. The van der Waals surface area contributed by atoms with Crippen molar-refractivity contribution >= 4 is 21.4 Å². The van der Waals surface area contributed by atoms with Crippen LogP contribution in [-0.2, 0) is 21.3 Å². The second-order valence-corrected chi connectivity index (χ2v) is 6.18. The van der Waals surface area contributed by atoms with Crippen LogP contribution in [0.1, 0.15) is 4.88 Å². The third-order valence-corrected chi connectivity index (χ3v) is 4.04. The predicted octanol–water partition coefficient (Wildman–Crippen LogP) is 1.16. The SMILES string of the molecule is COCCN(Cc1cccs1)S(C)(=O)=O. The molecule has 0 amide bonds. The minimum absolute atomic E-state index is 0.396. The molecule has 0 saturated heterocycles. The van der Waals surface area contributed by atoms with Crippen LogP contribution >= 0.6 is 11.3 Å². The molecule has 1 rings (SSSR count). The van der Waals surface area contributed by atoms with E-state index in [1.807, 2.05) is 17.5 Å². The quantitative estimate of drug-likeness (QED) is 0.760. The average molecular weight is 249 g/mol. The van der Waals surface area contributed by atoms with Gasteiger partial charge in [0.25, 0.3) is 0 Å². The zero-order chi connectivity index (χ0) is 11.3. The van der Waals surface area contributed by atoms with Gasteiger partial charge < -0.3 is 4.74 Å². The number of sulfonamides is 1. The molecule has 0 aliphatic rings. The standard InChI is InChI=1S/C9H15NO3S2/c1-13-6-5-10(15(2,11)12)8-9-4-3-7-14-9/h3-4,7H,5-6,8H2,1-2H3. The van der Waals surface area contributed by atoms with E-state index >= 15 is 0 Å². The Balaban J connectivity index is 2.65. The Morgan fingerprint density at radius 1 is 1.53 bits per heavy atom. The molecular formula is C9H15NO3S2. The van der Waals surface area contributed by atoms with Crippen LogP contribution in [0.3, 0.4) is 0 Å². The van der Waals surface area contributed by atoms with Gasteiger partial charge >= 0.3 is 0 Å². The lowest BCUT2D eigenvalue weighted by Gasteiger charge is -2.18. The van der Waals surface area contributed by atoms with Gasteiger partial charge in [0, 0.05) is 25.1 Å². The number of ether oxygens (including phenoxy) is 1. The molecular weight excluding hydrogens is 234 g/mol. The number of methoxy groups -OCH3 is 1. The van der Waals surface area contributed by atoms with Crippen LogP contribution in [0, 0.1) is 0 Å². The summed E-state index contributed by atoms with van der Waals surface area (Å²) < 4.78 is 29.2. The molecule has 0 aliphatic carbocycles. The molecule has 15 heavy (non-hydrogen) atoms. The first-order valence-electron chi connectivity index (χ1n) is 4.50. The monoisotopic (exact) mass is 249 g/mol. The van der Waals surface area contributed by atoms with Crippen molar-refractivity contribution in [2.24, 2.45) is 0 Å². The van der Waals surface area contributed by atoms with Crippen LogP contribution in [0.15, 0.2) is 17.5 Å². The second-order valence-electron chi connectivity index (χ2n) is 3.17. The molecule has 4 nitrogen and oxygen atoms in total. The normalized spacial score (nSPS) is 12.2. The van der Waals surface area contributed by atoms with Gasteiger partial charge in [-0.15, -0.1) is 11.3 Å². The van der Waals surface area contributed by atoms with E-state index in [1.165, 1.54) is 10.6 Å². The largest absolute Gasteiger partial charge is 0.383 e. The van der Waals surface area contributed by atoms with E-state index in [-0.39, 0.29) is 0 Å². The van der Waals surface area contributed by atoms with Gasteiger partial charge in [-0.3, -0.25) is 0 Å². The van der Waals surface area contributed by atoms with Gasteiger partial charge in [-0.25, -0.2) is 8.42 Å². The van der Waals surface area contributed by atoms with Crippen molar-refractivity contribution in [1.29, 1.82) is 0 Å². The van der Waals surface area contributed by atoms with Crippen LogP contribution in [0.2, 0.25) is 0 Å². The van der Waals surface area contributed by atoms with E-state index in [0.717, 1.165) is 4.88 Å². The molecule has 0 fully saturated rings. The number of hydrogen-bond donors (Lipinski definition) is 0. The molecule has 0 atom stereocenters. The fourth-order valence-electron chi connectivity index (χ4n) is 1.13. The zero-order valence-corrected chi connectivity index (χ0v) is 10.5. The zero-order valence-electron chi connectivity index (χ0n) is 8.84. The lowest BCUT2D eigenvalue weighted by molar-refractivity contribution is 0.178. The van der Waals surface area contributed by atoms with E-state index < -0.39 is 10.0 Å². The third-order valence-electron chi connectivity index (χ3n) is 1.93. The minimum atomic E-state index is -3.15. The summed E-state index contributed by atoms with van der Waals surface area (Å²) in [6.45, 7) is 1.24. The average Bonchev–Trinajstić information content (AvgIpc) is 2.62. The summed E-state index contributed by atoms with van der Waals surface area (Å²) in [7, 11) is -1.59. The summed E-state index contributed by atoms with van der Waals surface area (Å²) in [6, 6.07) is 3.84. The fourth-order valence-corrected chi connectivity index (χ4v) is 2.71. The van der Waals surface area contributed by atoms with E-state index in [0.29, 0.717) is 19.7 Å². The van der Waals surface area contributed by atoms with E-state index in [4.69, 9.17) is 4.74 Å². The Labute approximate surface area is 94.5 Å². The Hall–Kier alpha value is -0.430. The van der Waals surface area contributed by atoms with E-state index in [1.54, 1.807) is 18.4 Å². The number of thiophene rings is 1. The van der Waals surface area contributed by atoms with E-state index in [9.17, 15) is 8.42 Å². The van der Waals surface area contributed by atoms with E-state index in [2.05, 4.69) is 0 Å². The topological polar surface area (TPSA) is 46.6 Å². The smallest absolute Gasteiger partial charge is 0.211 e. The highest BCUT2D eigenvalue weighted by Crippen LogP contribution is 2.13. The molecule has 0 N–H and O–H groups in total. The second kappa shape index (κ2) is 5.60. The molecule has 0 bridgehead atoms. The third kappa shape index (κ3) is 4.29. The molecule has 0 radical (unpaired) electrons. The molecule has 0 aromatic carbocycles. The molecule has 0 saturated carbocycles. The van der Waals surface area contributed by atoms with Gasteiger partial charge in [-0.05, 0) is 11.4 Å². The highest BCUT2D eigenvalue weighted by Gasteiger charge is 2.16. The summed E-state index contributed by atoms with van der Waals surface area (Å²) in [5, 5.41) is 1.94. The van der Waals surface area contributed by atoms with Gasteiger partial charge in [0.15, 0.2) is 0 Å². The Morgan fingerprint density at radius 3 is 2.73 bits per heavy atom. The number of nitrogens with zero attached hydrogens (tertiary/aromatic N) is 1. The van der Waals surface area contributed by atoms with Crippen molar-refractivity contribution in [3.8, 4) is 0 Å². The summed E-state index contributed by atoms with van der Waals surface area (Å²) in [4.78, 5) is 1.04. The van der Waals surface area contributed by atoms with Gasteiger partial charge in [-0.2, -0.15) is 4.31 Å². The van der Waals surface area contributed by atoms with Gasteiger partial charge in [-0.1, -0.05) is 6.07 Å². The number of hydrogen-bond acceptors (Lipinski definition) is 4. The highest BCUT2D eigenvalue weighted by atomic mass is 32.2. The molecule has 1 aromatic heterocycles. The molecule has 86 valence electrons. The van der Waals surface area contributed by atoms with Crippen molar-refractivity contribution in [2.75, 3.05) is 26.5 Å². The van der Waals surface area contributed by atoms with Crippen LogP contribution in [0.5, 0.6) is 0 Å². The lowest BCUT2D eigenvalue weighted by atomic mass is 10.4. The van der Waals surface area contributed by atoms with Crippen LogP contribution in [-0.4, -0.2) is 39.2 Å². The molecule has 0 unspecified atom stereocenters. The van der Waals surface area contributed by atoms with Gasteiger partial charge in [0.2, 0.25) is 10.0 Å². The summed E-state index contributed by atoms with van der Waals surface area (Å²) >= 11 is 1.55.